The van der Waals surface area contributed by atoms with Crippen LogP contribution in [0.25, 0.3) is 0 Å². The molecule has 0 aromatic carbocycles. The number of rotatable bonds is 8. The zero-order chi connectivity index (χ0) is 16.8. The van der Waals surface area contributed by atoms with Gasteiger partial charge in [0.25, 0.3) is 5.91 Å². The molecule has 2 rings (SSSR count). The standard InChI is InChI=1S/C16H23ClN4O2/c1-4-20(5-2)12(3)8-18-16(22)15-7-6-14(23-15)11-21-10-13(17)9-19-21/h6-7,9-10,12H,4-5,8,11H2,1-3H3,(H,18,22)/t12-/m0/s1. The third-order valence-corrected chi connectivity index (χ3v) is 3.99. The lowest BCUT2D eigenvalue weighted by Crippen LogP contribution is -2.41. The van der Waals surface area contributed by atoms with Gasteiger partial charge in [0.05, 0.1) is 17.8 Å². The topological polar surface area (TPSA) is 63.3 Å². The summed E-state index contributed by atoms with van der Waals surface area (Å²) in [5.41, 5.74) is 0. The summed E-state index contributed by atoms with van der Waals surface area (Å²) >= 11 is 5.82. The van der Waals surface area contributed by atoms with E-state index in [2.05, 4.69) is 36.1 Å². The van der Waals surface area contributed by atoms with Gasteiger partial charge < -0.3 is 9.73 Å². The van der Waals surface area contributed by atoms with Crippen LogP contribution in [0.2, 0.25) is 5.02 Å². The average molecular weight is 339 g/mol. The third-order valence-electron chi connectivity index (χ3n) is 3.80. The fraction of sp³-hybridized carbons (Fsp3) is 0.500. The molecule has 1 atom stereocenters. The molecule has 2 heterocycles. The molecule has 0 aliphatic heterocycles. The second kappa shape index (κ2) is 8.17. The van der Waals surface area contributed by atoms with E-state index in [1.165, 1.54) is 0 Å². The van der Waals surface area contributed by atoms with Crippen molar-refractivity contribution < 1.29 is 9.21 Å². The molecular formula is C16H23ClN4O2. The Kier molecular flexibility index (Phi) is 6.24. The van der Waals surface area contributed by atoms with Crippen molar-refractivity contribution in [1.29, 1.82) is 0 Å². The first kappa shape index (κ1) is 17.6. The smallest absolute Gasteiger partial charge is 0.287 e. The number of hydrogen-bond acceptors (Lipinski definition) is 4. The zero-order valence-corrected chi connectivity index (χ0v) is 14.5. The van der Waals surface area contributed by atoms with Crippen LogP contribution in [0.5, 0.6) is 0 Å². The van der Waals surface area contributed by atoms with Crippen LogP contribution in [0.3, 0.4) is 0 Å². The van der Waals surface area contributed by atoms with Gasteiger partial charge >= 0.3 is 0 Å². The number of hydrogen-bond donors (Lipinski definition) is 1. The van der Waals surface area contributed by atoms with Crippen molar-refractivity contribution in [2.75, 3.05) is 19.6 Å². The fourth-order valence-corrected chi connectivity index (χ4v) is 2.63. The van der Waals surface area contributed by atoms with E-state index in [0.29, 0.717) is 29.6 Å². The summed E-state index contributed by atoms with van der Waals surface area (Å²) in [4.78, 5) is 14.4. The van der Waals surface area contributed by atoms with Crippen LogP contribution in [0.15, 0.2) is 28.9 Å². The highest BCUT2D eigenvalue weighted by molar-refractivity contribution is 6.30. The van der Waals surface area contributed by atoms with Crippen molar-refractivity contribution in [3.8, 4) is 0 Å². The minimum Gasteiger partial charge on any atom is -0.454 e. The Balaban J connectivity index is 1.88. The van der Waals surface area contributed by atoms with Gasteiger partial charge in [-0.15, -0.1) is 0 Å². The molecule has 0 spiro atoms. The molecule has 6 nitrogen and oxygen atoms in total. The van der Waals surface area contributed by atoms with Gasteiger partial charge in [0.2, 0.25) is 0 Å². The van der Waals surface area contributed by atoms with Gasteiger partial charge in [-0.25, -0.2) is 0 Å². The first-order valence-electron chi connectivity index (χ1n) is 7.82. The number of nitrogens with zero attached hydrogens (tertiary/aromatic N) is 3. The largest absolute Gasteiger partial charge is 0.454 e. The van der Waals surface area contributed by atoms with E-state index in [9.17, 15) is 4.79 Å². The predicted octanol–water partition coefficient (Wildman–Crippen LogP) is 2.64. The van der Waals surface area contributed by atoms with Gasteiger partial charge in [-0.2, -0.15) is 5.10 Å². The molecule has 2 aromatic rings. The number of halogens is 1. The van der Waals surface area contributed by atoms with Crippen LogP contribution in [-0.2, 0) is 6.54 Å². The van der Waals surface area contributed by atoms with Gasteiger partial charge in [-0.3, -0.25) is 14.4 Å². The van der Waals surface area contributed by atoms with Gasteiger partial charge in [-0.05, 0) is 32.1 Å². The second-order valence-corrected chi connectivity index (χ2v) is 5.84. The molecule has 0 unspecified atom stereocenters. The summed E-state index contributed by atoms with van der Waals surface area (Å²) in [6.07, 6.45) is 3.27. The third kappa shape index (κ3) is 4.84. The highest BCUT2D eigenvalue weighted by atomic mass is 35.5. The molecule has 1 amide bonds. The first-order chi connectivity index (χ1) is 11.0. The molecule has 2 aromatic heterocycles. The Morgan fingerprint density at radius 1 is 1.43 bits per heavy atom. The maximum absolute atomic E-state index is 12.2. The van der Waals surface area contributed by atoms with E-state index in [1.54, 1.807) is 29.2 Å². The van der Waals surface area contributed by atoms with Crippen LogP contribution in [-0.4, -0.2) is 46.3 Å². The van der Waals surface area contributed by atoms with Gasteiger partial charge in [0.1, 0.15) is 5.76 Å². The molecular weight excluding hydrogens is 316 g/mol. The lowest BCUT2D eigenvalue weighted by Gasteiger charge is -2.26. The summed E-state index contributed by atoms with van der Waals surface area (Å²) in [6.45, 7) is 9.28. The quantitative estimate of drug-likeness (QED) is 0.803. The van der Waals surface area contributed by atoms with Crippen molar-refractivity contribution in [2.45, 2.75) is 33.4 Å². The normalized spacial score (nSPS) is 12.6. The van der Waals surface area contributed by atoms with Crippen LogP contribution >= 0.6 is 11.6 Å². The maximum Gasteiger partial charge on any atom is 0.287 e. The first-order valence-corrected chi connectivity index (χ1v) is 8.20. The Bertz CT molecular complexity index is 634. The second-order valence-electron chi connectivity index (χ2n) is 5.40. The Hall–Kier alpha value is -1.79. The molecule has 1 N–H and O–H groups in total. The average Bonchev–Trinajstić information content (AvgIpc) is 3.16. The monoisotopic (exact) mass is 338 g/mol. The molecule has 0 bridgehead atoms. The Morgan fingerprint density at radius 2 is 2.17 bits per heavy atom. The number of nitrogens with one attached hydrogen (secondary N) is 1. The van der Waals surface area contributed by atoms with E-state index in [-0.39, 0.29) is 11.9 Å². The molecule has 0 aliphatic carbocycles. The number of amides is 1. The molecule has 0 aliphatic rings. The highest BCUT2D eigenvalue weighted by Gasteiger charge is 2.15. The van der Waals surface area contributed by atoms with Crippen molar-refractivity contribution in [1.82, 2.24) is 20.0 Å². The van der Waals surface area contributed by atoms with E-state index in [4.69, 9.17) is 16.0 Å². The Morgan fingerprint density at radius 3 is 2.78 bits per heavy atom. The predicted molar refractivity (Wildman–Crippen MR) is 89.8 cm³/mol. The van der Waals surface area contributed by atoms with Gasteiger partial charge in [0, 0.05) is 18.8 Å². The van der Waals surface area contributed by atoms with Crippen LogP contribution in [0.4, 0.5) is 0 Å². The molecule has 7 heteroatoms. The van der Waals surface area contributed by atoms with Gasteiger partial charge in [0.15, 0.2) is 5.76 Å². The van der Waals surface area contributed by atoms with Gasteiger partial charge in [-0.1, -0.05) is 25.4 Å². The van der Waals surface area contributed by atoms with Crippen molar-refractivity contribution >= 4 is 17.5 Å². The van der Waals surface area contributed by atoms with E-state index >= 15 is 0 Å². The summed E-state index contributed by atoms with van der Waals surface area (Å²) in [5, 5.41) is 7.56. The summed E-state index contributed by atoms with van der Waals surface area (Å²) in [6, 6.07) is 3.74. The molecule has 0 saturated carbocycles. The van der Waals surface area contributed by atoms with E-state index in [0.717, 1.165) is 13.1 Å². The number of carbonyl (C=O) groups is 1. The number of furan rings is 1. The molecule has 126 valence electrons. The Labute approximate surface area is 141 Å². The summed E-state index contributed by atoms with van der Waals surface area (Å²) in [5.74, 6) is 0.769. The minimum atomic E-state index is -0.200. The highest BCUT2D eigenvalue weighted by Crippen LogP contribution is 2.11. The van der Waals surface area contributed by atoms with Crippen LogP contribution in [0.1, 0.15) is 37.1 Å². The summed E-state index contributed by atoms with van der Waals surface area (Å²) in [7, 11) is 0. The maximum atomic E-state index is 12.2. The lowest BCUT2D eigenvalue weighted by molar-refractivity contribution is 0.0908. The molecule has 0 saturated heterocycles. The zero-order valence-electron chi connectivity index (χ0n) is 13.8. The molecule has 0 radical (unpaired) electrons. The molecule has 23 heavy (non-hydrogen) atoms. The fourth-order valence-electron chi connectivity index (χ4n) is 2.47. The van der Waals surface area contributed by atoms with E-state index < -0.39 is 0 Å². The number of likely N-dealkylation sites (N-methyl/N-ethyl adjacent to an activating group) is 1. The SMILES string of the molecule is CCN(CC)[C@@H](C)CNC(=O)c1ccc(Cn2cc(Cl)cn2)o1. The van der Waals surface area contributed by atoms with Crippen molar-refractivity contribution in [2.24, 2.45) is 0 Å². The van der Waals surface area contributed by atoms with Crippen molar-refractivity contribution in [3.63, 3.8) is 0 Å². The van der Waals surface area contributed by atoms with Crippen LogP contribution < -0.4 is 5.32 Å². The van der Waals surface area contributed by atoms with Crippen molar-refractivity contribution in [3.05, 3.63) is 41.1 Å². The van der Waals surface area contributed by atoms with E-state index in [1.807, 2.05) is 0 Å². The number of aromatic nitrogens is 2. The summed E-state index contributed by atoms with van der Waals surface area (Å²) < 4.78 is 7.23. The lowest BCUT2D eigenvalue weighted by atomic mass is 10.2. The molecule has 0 fully saturated rings. The van der Waals surface area contributed by atoms with Crippen LogP contribution in [0, 0.1) is 0 Å². The minimum absolute atomic E-state index is 0.200. The number of carbonyl (C=O) groups excluding carboxylic acids is 1.